The normalized spacial score (nSPS) is 14.3. The molecule has 9 nitrogen and oxygen atoms in total. The Bertz CT molecular complexity index is 1440. The van der Waals surface area contributed by atoms with Gasteiger partial charge < -0.3 is 15.3 Å². The molecular weight excluding hydrogens is 523 g/mol. The molecule has 194 valence electrons. The van der Waals surface area contributed by atoms with Gasteiger partial charge in [-0.05, 0) is 67.1 Å². The van der Waals surface area contributed by atoms with Crippen LogP contribution in [-0.4, -0.2) is 48.5 Å². The highest BCUT2D eigenvalue weighted by Crippen LogP contribution is 2.31. The standard InChI is InChI=1S/C25H24ClFN4O5S/c1-15-12-18(26)4-7-21(15)29-22-13-23(37(35,36)30-25(33)34)28-14-20(22)24(32)31-10-8-17(9-11-31)16-2-5-19(27)6-3-16/h2-7,12-14,17,30H,8-11H2,1H3,(H,28,29)(H,33,34). The van der Waals surface area contributed by atoms with Crippen molar-refractivity contribution in [3.8, 4) is 0 Å². The number of rotatable bonds is 6. The van der Waals surface area contributed by atoms with Crippen molar-refractivity contribution in [2.24, 2.45) is 0 Å². The van der Waals surface area contributed by atoms with E-state index in [2.05, 4.69) is 10.3 Å². The number of nitrogens with one attached hydrogen (secondary N) is 2. The molecule has 0 saturated carbocycles. The van der Waals surface area contributed by atoms with Crippen molar-refractivity contribution in [3.63, 3.8) is 0 Å². The van der Waals surface area contributed by atoms with Gasteiger partial charge in [-0.1, -0.05) is 23.7 Å². The Morgan fingerprint density at radius 2 is 1.76 bits per heavy atom. The molecule has 12 heteroatoms. The molecule has 2 heterocycles. The number of pyridine rings is 1. The van der Waals surface area contributed by atoms with Crippen LogP contribution in [0.4, 0.5) is 20.6 Å². The predicted molar refractivity (Wildman–Crippen MR) is 136 cm³/mol. The summed E-state index contributed by atoms with van der Waals surface area (Å²) in [5.74, 6) is -0.468. The topological polar surface area (TPSA) is 129 Å². The fourth-order valence-electron chi connectivity index (χ4n) is 4.26. The number of aryl methyl sites for hydroxylation is 1. The minimum absolute atomic E-state index is 0.129. The molecule has 0 aliphatic carbocycles. The third-order valence-electron chi connectivity index (χ3n) is 6.19. The fraction of sp³-hybridized carbons (Fsp3) is 0.240. The molecule has 0 bridgehead atoms. The second-order valence-electron chi connectivity index (χ2n) is 8.68. The largest absolute Gasteiger partial charge is 0.464 e. The average Bonchev–Trinajstić information content (AvgIpc) is 2.85. The van der Waals surface area contributed by atoms with E-state index >= 15 is 0 Å². The predicted octanol–water partition coefficient (Wildman–Crippen LogP) is 4.90. The van der Waals surface area contributed by atoms with E-state index in [1.807, 2.05) is 0 Å². The Morgan fingerprint density at radius 1 is 1.08 bits per heavy atom. The van der Waals surface area contributed by atoms with Crippen molar-refractivity contribution in [2.45, 2.75) is 30.7 Å². The van der Waals surface area contributed by atoms with Crippen LogP contribution >= 0.6 is 11.6 Å². The summed E-state index contributed by atoms with van der Waals surface area (Å²) >= 11 is 6.04. The van der Waals surface area contributed by atoms with Crippen molar-refractivity contribution in [3.05, 3.63) is 82.3 Å². The Labute approximate surface area is 218 Å². The third-order valence-corrected chi connectivity index (χ3v) is 7.64. The molecule has 1 saturated heterocycles. The Kier molecular flexibility index (Phi) is 7.65. The zero-order chi connectivity index (χ0) is 26.7. The number of amides is 2. The number of carboxylic acid groups (broad SMARTS) is 1. The van der Waals surface area contributed by atoms with Gasteiger partial charge in [0.25, 0.3) is 15.9 Å². The SMILES string of the molecule is Cc1cc(Cl)ccc1Nc1cc(S(=O)(=O)NC(=O)O)ncc1C(=O)N1CCC(c2ccc(F)cc2)CC1. The van der Waals surface area contributed by atoms with Gasteiger partial charge in [-0.3, -0.25) is 4.79 Å². The first kappa shape index (κ1) is 26.4. The molecule has 2 amide bonds. The van der Waals surface area contributed by atoms with E-state index in [1.165, 1.54) is 16.9 Å². The molecule has 1 aliphatic heterocycles. The monoisotopic (exact) mass is 546 g/mol. The number of piperidine rings is 1. The van der Waals surface area contributed by atoms with Crippen LogP contribution in [0.15, 0.2) is 59.8 Å². The molecule has 0 radical (unpaired) electrons. The zero-order valence-electron chi connectivity index (χ0n) is 19.7. The van der Waals surface area contributed by atoms with Gasteiger partial charge in [0, 0.05) is 36.1 Å². The first-order valence-electron chi connectivity index (χ1n) is 11.4. The average molecular weight is 547 g/mol. The van der Waals surface area contributed by atoms with Crippen LogP contribution in [0.3, 0.4) is 0 Å². The number of anilines is 2. The van der Waals surface area contributed by atoms with Crippen LogP contribution in [0.5, 0.6) is 0 Å². The first-order valence-corrected chi connectivity index (χ1v) is 13.2. The lowest BCUT2D eigenvalue weighted by Crippen LogP contribution is -2.38. The number of likely N-dealkylation sites (tertiary alicyclic amines) is 1. The van der Waals surface area contributed by atoms with Crippen LogP contribution in [-0.2, 0) is 10.0 Å². The summed E-state index contributed by atoms with van der Waals surface area (Å²) in [4.78, 5) is 30.0. The summed E-state index contributed by atoms with van der Waals surface area (Å²) in [7, 11) is -4.47. The summed E-state index contributed by atoms with van der Waals surface area (Å²) < 4.78 is 39.5. The highest BCUT2D eigenvalue weighted by Gasteiger charge is 2.28. The molecule has 0 unspecified atom stereocenters. The van der Waals surface area contributed by atoms with Gasteiger partial charge >= 0.3 is 6.09 Å². The van der Waals surface area contributed by atoms with E-state index < -0.39 is 21.1 Å². The second kappa shape index (κ2) is 10.7. The summed E-state index contributed by atoms with van der Waals surface area (Å²) in [6.07, 6.45) is 0.727. The van der Waals surface area contributed by atoms with Crippen molar-refractivity contribution >= 4 is 45.0 Å². The molecule has 3 aromatic rings. The minimum atomic E-state index is -4.47. The number of nitrogens with zero attached hydrogens (tertiary/aromatic N) is 2. The van der Waals surface area contributed by atoms with Crippen molar-refractivity contribution in [1.29, 1.82) is 0 Å². The molecule has 1 fully saturated rings. The highest BCUT2D eigenvalue weighted by atomic mass is 35.5. The molecule has 3 N–H and O–H groups in total. The van der Waals surface area contributed by atoms with E-state index in [4.69, 9.17) is 16.7 Å². The maximum absolute atomic E-state index is 13.5. The maximum atomic E-state index is 13.5. The van der Waals surface area contributed by atoms with Gasteiger partial charge in [0.15, 0.2) is 5.03 Å². The van der Waals surface area contributed by atoms with Crippen LogP contribution in [0.25, 0.3) is 0 Å². The summed E-state index contributed by atoms with van der Waals surface area (Å²) in [5.41, 5.74) is 2.61. The minimum Gasteiger partial charge on any atom is -0.464 e. The van der Waals surface area contributed by atoms with Gasteiger partial charge in [-0.2, -0.15) is 8.42 Å². The maximum Gasteiger partial charge on any atom is 0.418 e. The Morgan fingerprint density at radius 3 is 2.38 bits per heavy atom. The van der Waals surface area contributed by atoms with E-state index in [1.54, 1.807) is 42.2 Å². The van der Waals surface area contributed by atoms with E-state index in [0.717, 1.165) is 23.4 Å². The number of benzene rings is 2. The molecule has 0 atom stereocenters. The van der Waals surface area contributed by atoms with Crippen molar-refractivity contribution < 1.29 is 27.5 Å². The van der Waals surface area contributed by atoms with Crippen LogP contribution in [0.1, 0.15) is 40.2 Å². The highest BCUT2D eigenvalue weighted by molar-refractivity contribution is 7.90. The van der Waals surface area contributed by atoms with Gasteiger partial charge in [0.05, 0.1) is 11.3 Å². The first-order chi connectivity index (χ1) is 17.5. The lowest BCUT2D eigenvalue weighted by molar-refractivity contribution is 0.0713. The summed E-state index contributed by atoms with van der Waals surface area (Å²) in [6.45, 7) is 2.68. The smallest absolute Gasteiger partial charge is 0.418 e. The Balaban J connectivity index is 1.62. The molecule has 37 heavy (non-hydrogen) atoms. The lowest BCUT2D eigenvalue weighted by atomic mass is 9.89. The third kappa shape index (κ3) is 6.17. The van der Waals surface area contributed by atoms with Gasteiger partial charge in [0.1, 0.15) is 5.82 Å². The number of aromatic nitrogens is 1. The van der Waals surface area contributed by atoms with Crippen LogP contribution in [0.2, 0.25) is 5.02 Å². The number of carbonyl (C=O) groups excluding carboxylic acids is 1. The fourth-order valence-corrected chi connectivity index (χ4v) is 5.28. The summed E-state index contributed by atoms with van der Waals surface area (Å²) in [6, 6.07) is 12.5. The lowest BCUT2D eigenvalue weighted by Gasteiger charge is -2.32. The Hall–Kier alpha value is -3.70. The quantitative estimate of drug-likeness (QED) is 0.401. The van der Waals surface area contributed by atoms with E-state index in [0.29, 0.717) is 36.6 Å². The molecule has 1 aliphatic rings. The number of carbonyl (C=O) groups is 2. The van der Waals surface area contributed by atoms with Gasteiger partial charge in [0.2, 0.25) is 0 Å². The van der Waals surface area contributed by atoms with Crippen LogP contribution < -0.4 is 10.0 Å². The number of sulfonamides is 1. The van der Waals surface area contributed by atoms with E-state index in [9.17, 15) is 22.4 Å². The number of hydrogen-bond donors (Lipinski definition) is 3. The van der Waals surface area contributed by atoms with Crippen molar-refractivity contribution in [1.82, 2.24) is 14.6 Å². The summed E-state index contributed by atoms with van der Waals surface area (Å²) in [5, 5.41) is 11.9. The molecule has 4 rings (SSSR count). The number of halogens is 2. The van der Waals surface area contributed by atoms with Crippen LogP contribution in [0, 0.1) is 12.7 Å². The zero-order valence-corrected chi connectivity index (χ0v) is 21.3. The van der Waals surface area contributed by atoms with Crippen molar-refractivity contribution in [2.75, 3.05) is 18.4 Å². The second-order valence-corrected chi connectivity index (χ2v) is 10.7. The van der Waals surface area contributed by atoms with E-state index in [-0.39, 0.29) is 28.9 Å². The molecule has 0 spiro atoms. The van der Waals surface area contributed by atoms with Gasteiger partial charge in [-0.15, -0.1) is 0 Å². The number of hydrogen-bond acceptors (Lipinski definition) is 6. The van der Waals surface area contributed by atoms with Gasteiger partial charge in [-0.25, -0.2) is 18.9 Å². The molecule has 1 aromatic heterocycles. The molecule has 2 aromatic carbocycles. The molecular formula is C25H24ClFN4O5S.